The molecule has 19 heavy (non-hydrogen) atoms. The lowest BCUT2D eigenvalue weighted by atomic mass is 9.99. The number of hydrogen-bond donors (Lipinski definition) is 0. The van der Waals surface area contributed by atoms with Crippen LogP contribution in [0.5, 0.6) is 5.88 Å². The molecule has 94 valence electrons. The first-order chi connectivity index (χ1) is 9.17. The summed E-state index contributed by atoms with van der Waals surface area (Å²) in [5.74, 6) is -0.883. The van der Waals surface area contributed by atoms with Crippen molar-refractivity contribution >= 4 is 5.78 Å². The quantitative estimate of drug-likeness (QED) is 0.791. The fraction of sp³-hybridized carbons (Fsp3) is 0.0714. The van der Waals surface area contributed by atoms with Crippen molar-refractivity contribution in [2.24, 2.45) is 0 Å². The molecule has 0 N–H and O–H groups in total. The van der Waals surface area contributed by atoms with E-state index in [0.717, 1.165) is 6.07 Å². The fourth-order valence-corrected chi connectivity index (χ4v) is 1.64. The number of benzene rings is 1. The molecular formula is C14H9FN2O2. The van der Waals surface area contributed by atoms with Crippen LogP contribution >= 0.6 is 0 Å². The molecule has 0 unspecified atom stereocenters. The number of rotatable bonds is 3. The molecule has 0 aliphatic rings. The van der Waals surface area contributed by atoms with E-state index in [1.165, 1.54) is 37.6 Å². The van der Waals surface area contributed by atoms with Gasteiger partial charge in [0, 0.05) is 23.4 Å². The van der Waals surface area contributed by atoms with Crippen LogP contribution in [0.15, 0.2) is 36.5 Å². The molecule has 0 spiro atoms. The Labute approximate surface area is 109 Å². The zero-order valence-electron chi connectivity index (χ0n) is 10.1. The van der Waals surface area contributed by atoms with E-state index in [2.05, 4.69) is 4.98 Å². The molecule has 1 aromatic heterocycles. The molecular weight excluding hydrogens is 247 g/mol. The molecule has 2 rings (SSSR count). The predicted octanol–water partition coefficient (Wildman–Crippen LogP) is 2.33. The maximum absolute atomic E-state index is 13.5. The van der Waals surface area contributed by atoms with Crippen molar-refractivity contribution in [2.75, 3.05) is 7.11 Å². The number of nitriles is 1. The number of ketones is 1. The maximum Gasteiger partial charge on any atom is 0.213 e. The number of carbonyl (C=O) groups excluding carboxylic acids is 1. The largest absolute Gasteiger partial charge is 0.481 e. The molecule has 5 heteroatoms. The molecule has 0 aliphatic heterocycles. The minimum atomic E-state index is -0.714. The molecule has 1 heterocycles. The smallest absolute Gasteiger partial charge is 0.213 e. The van der Waals surface area contributed by atoms with Crippen LogP contribution in [0.1, 0.15) is 21.5 Å². The van der Waals surface area contributed by atoms with E-state index < -0.39 is 11.6 Å². The summed E-state index contributed by atoms with van der Waals surface area (Å²) in [5.41, 5.74) is 0.0491. The van der Waals surface area contributed by atoms with Gasteiger partial charge in [0.05, 0.1) is 12.7 Å². The first kappa shape index (κ1) is 12.7. The van der Waals surface area contributed by atoms with E-state index in [0.29, 0.717) is 0 Å². The van der Waals surface area contributed by atoms with Crippen LogP contribution in [-0.4, -0.2) is 17.9 Å². The summed E-state index contributed by atoms with van der Waals surface area (Å²) in [6.45, 7) is 0. The Morgan fingerprint density at radius 1 is 1.42 bits per heavy atom. The van der Waals surface area contributed by atoms with Crippen LogP contribution in [0, 0.1) is 17.1 Å². The Morgan fingerprint density at radius 3 is 2.89 bits per heavy atom. The molecule has 0 aliphatic carbocycles. The monoisotopic (exact) mass is 256 g/mol. The van der Waals surface area contributed by atoms with Crippen molar-refractivity contribution in [3.05, 3.63) is 59.0 Å². The van der Waals surface area contributed by atoms with E-state index in [4.69, 9.17) is 10.00 Å². The second kappa shape index (κ2) is 5.27. The molecule has 0 amide bonds. The van der Waals surface area contributed by atoms with Crippen molar-refractivity contribution in [2.45, 2.75) is 0 Å². The first-order valence-electron chi connectivity index (χ1n) is 5.40. The Bertz CT molecular complexity index is 677. The second-order valence-corrected chi connectivity index (χ2v) is 3.69. The van der Waals surface area contributed by atoms with Crippen LogP contribution in [-0.2, 0) is 0 Å². The van der Waals surface area contributed by atoms with Gasteiger partial charge in [0.1, 0.15) is 11.9 Å². The summed E-state index contributed by atoms with van der Waals surface area (Å²) in [4.78, 5) is 16.1. The van der Waals surface area contributed by atoms with Crippen molar-refractivity contribution in [1.29, 1.82) is 5.26 Å². The lowest BCUT2D eigenvalue weighted by molar-refractivity contribution is 0.103. The minimum absolute atomic E-state index is 0.0238. The molecule has 1 aromatic carbocycles. The van der Waals surface area contributed by atoms with Gasteiger partial charge in [-0.3, -0.25) is 4.79 Å². The van der Waals surface area contributed by atoms with E-state index in [1.54, 1.807) is 6.07 Å². The number of aromatic nitrogens is 1. The topological polar surface area (TPSA) is 63.0 Å². The SMILES string of the molecule is COc1cc(C(=O)c2cccc(F)c2C#N)ccn1. The van der Waals surface area contributed by atoms with Gasteiger partial charge in [0.2, 0.25) is 5.88 Å². The number of nitrogens with zero attached hydrogens (tertiary/aromatic N) is 2. The van der Waals surface area contributed by atoms with Crippen LogP contribution in [0.4, 0.5) is 4.39 Å². The highest BCUT2D eigenvalue weighted by Crippen LogP contribution is 2.18. The highest BCUT2D eigenvalue weighted by molar-refractivity contribution is 6.10. The lowest BCUT2D eigenvalue weighted by Gasteiger charge is -2.05. The van der Waals surface area contributed by atoms with E-state index in [9.17, 15) is 9.18 Å². The number of carbonyl (C=O) groups is 1. The van der Waals surface area contributed by atoms with Crippen LogP contribution in [0.2, 0.25) is 0 Å². The highest BCUT2D eigenvalue weighted by atomic mass is 19.1. The third kappa shape index (κ3) is 2.43. The van der Waals surface area contributed by atoms with Gasteiger partial charge in [-0.25, -0.2) is 9.37 Å². The number of ether oxygens (including phenoxy) is 1. The Kier molecular flexibility index (Phi) is 3.53. The van der Waals surface area contributed by atoms with Crippen LogP contribution < -0.4 is 4.74 Å². The average molecular weight is 256 g/mol. The third-order valence-corrected chi connectivity index (χ3v) is 2.58. The van der Waals surface area contributed by atoms with Crippen molar-refractivity contribution < 1.29 is 13.9 Å². The van der Waals surface area contributed by atoms with Gasteiger partial charge in [-0.1, -0.05) is 6.07 Å². The number of hydrogen-bond acceptors (Lipinski definition) is 4. The minimum Gasteiger partial charge on any atom is -0.481 e. The third-order valence-electron chi connectivity index (χ3n) is 2.58. The van der Waals surface area contributed by atoms with E-state index >= 15 is 0 Å². The molecule has 0 radical (unpaired) electrons. The normalized spacial score (nSPS) is 9.74. The summed E-state index contributed by atoms with van der Waals surface area (Å²) in [5, 5.41) is 8.92. The number of pyridine rings is 1. The number of methoxy groups -OCH3 is 1. The van der Waals surface area contributed by atoms with Crippen molar-refractivity contribution in [3.63, 3.8) is 0 Å². The van der Waals surface area contributed by atoms with Gasteiger partial charge in [-0.05, 0) is 18.2 Å². The maximum atomic E-state index is 13.5. The van der Waals surface area contributed by atoms with E-state index in [-0.39, 0.29) is 22.6 Å². The van der Waals surface area contributed by atoms with Gasteiger partial charge in [-0.2, -0.15) is 5.26 Å². The molecule has 4 nitrogen and oxygen atoms in total. The zero-order chi connectivity index (χ0) is 13.8. The summed E-state index contributed by atoms with van der Waals surface area (Å²) in [6, 6.07) is 8.57. The van der Waals surface area contributed by atoms with Crippen LogP contribution in [0.3, 0.4) is 0 Å². The Hall–Kier alpha value is -2.74. The first-order valence-corrected chi connectivity index (χ1v) is 5.40. The summed E-state index contributed by atoms with van der Waals surface area (Å²) in [6.07, 6.45) is 1.41. The number of halogens is 1. The Balaban J connectivity index is 2.50. The molecule has 0 bridgehead atoms. The molecule has 0 fully saturated rings. The fourth-order valence-electron chi connectivity index (χ4n) is 1.64. The summed E-state index contributed by atoms with van der Waals surface area (Å²) in [7, 11) is 1.43. The average Bonchev–Trinajstić information content (AvgIpc) is 2.46. The highest BCUT2D eigenvalue weighted by Gasteiger charge is 2.17. The molecule has 0 saturated heterocycles. The van der Waals surface area contributed by atoms with Gasteiger partial charge < -0.3 is 4.74 Å². The zero-order valence-corrected chi connectivity index (χ0v) is 10.1. The Morgan fingerprint density at radius 2 is 2.21 bits per heavy atom. The van der Waals surface area contributed by atoms with Gasteiger partial charge in [0.25, 0.3) is 0 Å². The van der Waals surface area contributed by atoms with Gasteiger partial charge >= 0.3 is 0 Å². The van der Waals surface area contributed by atoms with Gasteiger partial charge in [0.15, 0.2) is 5.78 Å². The summed E-state index contributed by atoms with van der Waals surface area (Å²) >= 11 is 0. The molecule has 2 aromatic rings. The van der Waals surface area contributed by atoms with Crippen LogP contribution in [0.25, 0.3) is 0 Å². The standard InChI is InChI=1S/C14H9FN2O2/c1-19-13-7-9(5-6-17-13)14(18)10-3-2-4-12(15)11(10)8-16/h2-7H,1H3. The molecule has 0 saturated carbocycles. The van der Waals surface area contributed by atoms with E-state index in [1.807, 2.05) is 0 Å². The van der Waals surface area contributed by atoms with Crippen molar-refractivity contribution in [3.8, 4) is 11.9 Å². The van der Waals surface area contributed by atoms with Crippen molar-refractivity contribution in [1.82, 2.24) is 4.98 Å². The summed E-state index contributed by atoms with van der Waals surface area (Å²) < 4.78 is 18.4. The lowest BCUT2D eigenvalue weighted by Crippen LogP contribution is -2.06. The molecule has 0 atom stereocenters. The predicted molar refractivity (Wildman–Crippen MR) is 65.3 cm³/mol. The van der Waals surface area contributed by atoms with Gasteiger partial charge in [-0.15, -0.1) is 0 Å². The second-order valence-electron chi connectivity index (χ2n) is 3.69.